The zero-order valence-corrected chi connectivity index (χ0v) is 21.3. The van der Waals surface area contributed by atoms with Gasteiger partial charge in [-0.3, -0.25) is 9.59 Å². The fourth-order valence-corrected chi connectivity index (χ4v) is 4.50. The van der Waals surface area contributed by atoms with Crippen molar-refractivity contribution in [1.82, 2.24) is 9.55 Å². The smallest absolute Gasteiger partial charge is 0.305 e. The van der Waals surface area contributed by atoms with E-state index in [1.54, 1.807) is 12.3 Å². The first-order chi connectivity index (χ1) is 17.1. The Bertz CT molecular complexity index is 1200. The van der Waals surface area contributed by atoms with Gasteiger partial charge in [-0.2, -0.15) is 0 Å². The monoisotopic (exact) mass is 493 g/mol. The van der Waals surface area contributed by atoms with E-state index in [0.717, 1.165) is 33.6 Å². The molecule has 0 saturated heterocycles. The van der Waals surface area contributed by atoms with E-state index in [2.05, 4.69) is 10.3 Å². The molecule has 192 valence electrons. The molecular formula is C28H35N3O5. The summed E-state index contributed by atoms with van der Waals surface area (Å²) < 4.78 is 2.04. The summed E-state index contributed by atoms with van der Waals surface area (Å²) in [6.07, 6.45) is 0.193. The molecule has 2 heterocycles. The van der Waals surface area contributed by atoms with E-state index in [1.165, 1.54) is 0 Å². The summed E-state index contributed by atoms with van der Waals surface area (Å²) in [5, 5.41) is 32.1. The highest BCUT2D eigenvalue weighted by Crippen LogP contribution is 2.34. The van der Waals surface area contributed by atoms with Gasteiger partial charge < -0.3 is 25.2 Å². The molecule has 3 aromatic rings. The molecule has 0 unspecified atom stereocenters. The molecule has 8 heteroatoms. The van der Waals surface area contributed by atoms with Crippen LogP contribution in [0.5, 0.6) is 0 Å². The number of aromatic nitrogens is 2. The molecule has 0 saturated carbocycles. The molecule has 4 N–H and O–H groups in total. The first kappa shape index (κ1) is 27.1. The molecule has 0 radical (unpaired) electrons. The number of pyridine rings is 1. The summed E-state index contributed by atoms with van der Waals surface area (Å²) in [7, 11) is 0. The van der Waals surface area contributed by atoms with Crippen LogP contribution < -0.4 is 5.32 Å². The molecule has 8 nitrogen and oxygen atoms in total. The molecule has 2 aromatic heterocycles. The van der Waals surface area contributed by atoms with E-state index in [-0.39, 0.29) is 12.3 Å². The maximum Gasteiger partial charge on any atom is 0.305 e. The van der Waals surface area contributed by atoms with Crippen LogP contribution in [0.4, 0.5) is 5.82 Å². The van der Waals surface area contributed by atoms with Gasteiger partial charge in [-0.15, -0.1) is 0 Å². The average Bonchev–Trinajstić information content (AvgIpc) is 3.10. The van der Waals surface area contributed by atoms with E-state index < -0.39 is 24.6 Å². The zero-order chi connectivity index (χ0) is 26.4. The third-order valence-electron chi connectivity index (χ3n) is 6.33. The van der Waals surface area contributed by atoms with Crippen molar-refractivity contribution in [3.8, 4) is 11.1 Å². The minimum Gasteiger partial charge on any atom is -0.481 e. The predicted octanol–water partition coefficient (Wildman–Crippen LogP) is 4.27. The number of carboxylic acids is 1. The lowest BCUT2D eigenvalue weighted by molar-refractivity contribution is -0.139. The number of anilines is 1. The highest BCUT2D eigenvalue weighted by molar-refractivity contribution is 6.10. The molecule has 0 aliphatic carbocycles. The van der Waals surface area contributed by atoms with Crippen molar-refractivity contribution in [3.05, 3.63) is 70.7 Å². The maximum atomic E-state index is 13.6. The number of hydrogen-bond donors (Lipinski definition) is 4. The Morgan fingerprint density at radius 2 is 1.67 bits per heavy atom. The number of aliphatic hydroxyl groups excluding tert-OH is 2. The van der Waals surface area contributed by atoms with E-state index in [4.69, 9.17) is 5.11 Å². The molecule has 0 aliphatic heterocycles. The van der Waals surface area contributed by atoms with Crippen LogP contribution in [0.3, 0.4) is 0 Å². The number of nitrogens with one attached hydrogen (secondary N) is 1. The Labute approximate surface area is 211 Å². The second-order valence-electron chi connectivity index (χ2n) is 9.26. The summed E-state index contributed by atoms with van der Waals surface area (Å²) in [5.74, 6) is -0.889. The summed E-state index contributed by atoms with van der Waals surface area (Å²) in [6.45, 7) is 8.31. The second kappa shape index (κ2) is 12.0. The number of carbonyl (C=O) groups excluding carboxylic acids is 1. The molecule has 36 heavy (non-hydrogen) atoms. The van der Waals surface area contributed by atoms with Crippen molar-refractivity contribution in [2.24, 2.45) is 0 Å². The SMILES string of the molecule is CCc1c(C(=O)Nc2ccc(C)cn2)c(-c2ccc(C)cc2)c(C)n1CC[C@@H](O)C[C@@H](O)CC(=O)O. The van der Waals surface area contributed by atoms with Crippen LogP contribution in [-0.4, -0.2) is 49.0 Å². The predicted molar refractivity (Wildman–Crippen MR) is 139 cm³/mol. The second-order valence-corrected chi connectivity index (χ2v) is 9.26. The number of nitrogens with zero attached hydrogens (tertiary/aromatic N) is 2. The Hall–Kier alpha value is -3.49. The van der Waals surface area contributed by atoms with Crippen LogP contribution in [0.2, 0.25) is 0 Å². The number of amides is 1. The van der Waals surface area contributed by atoms with Crippen LogP contribution in [0.15, 0.2) is 42.6 Å². The molecule has 0 fully saturated rings. The molecule has 2 atom stereocenters. The fourth-order valence-electron chi connectivity index (χ4n) is 4.50. The maximum absolute atomic E-state index is 13.6. The number of benzene rings is 1. The van der Waals surface area contributed by atoms with Crippen molar-refractivity contribution in [1.29, 1.82) is 0 Å². The minimum atomic E-state index is -1.11. The van der Waals surface area contributed by atoms with Gasteiger partial charge in [0.1, 0.15) is 5.82 Å². The largest absolute Gasteiger partial charge is 0.481 e. The molecule has 3 rings (SSSR count). The Morgan fingerprint density at radius 3 is 2.25 bits per heavy atom. The van der Waals surface area contributed by atoms with Gasteiger partial charge in [0, 0.05) is 29.7 Å². The average molecular weight is 494 g/mol. The molecule has 0 spiro atoms. The van der Waals surface area contributed by atoms with Gasteiger partial charge >= 0.3 is 5.97 Å². The topological polar surface area (TPSA) is 125 Å². The summed E-state index contributed by atoms with van der Waals surface area (Å²) in [5.41, 5.74) is 6.17. The van der Waals surface area contributed by atoms with Crippen LogP contribution in [-0.2, 0) is 17.8 Å². The van der Waals surface area contributed by atoms with E-state index in [1.807, 2.05) is 62.6 Å². The van der Waals surface area contributed by atoms with Gasteiger partial charge in [-0.1, -0.05) is 42.8 Å². The minimum absolute atomic E-state index is 0.0225. The number of aryl methyl sites for hydroxylation is 2. The normalized spacial score (nSPS) is 12.8. The molecule has 1 aromatic carbocycles. The number of rotatable bonds is 11. The quantitative estimate of drug-likeness (QED) is 0.316. The first-order valence-electron chi connectivity index (χ1n) is 12.2. The summed E-state index contributed by atoms with van der Waals surface area (Å²) in [6, 6.07) is 11.7. The summed E-state index contributed by atoms with van der Waals surface area (Å²) >= 11 is 0. The van der Waals surface area contributed by atoms with Gasteiger partial charge in [0.25, 0.3) is 5.91 Å². The van der Waals surface area contributed by atoms with E-state index in [0.29, 0.717) is 30.8 Å². The van der Waals surface area contributed by atoms with Crippen molar-refractivity contribution in [2.45, 2.75) is 72.1 Å². The van der Waals surface area contributed by atoms with Crippen molar-refractivity contribution < 1.29 is 24.9 Å². The number of carbonyl (C=O) groups is 2. The van der Waals surface area contributed by atoms with E-state index in [9.17, 15) is 19.8 Å². The first-order valence-corrected chi connectivity index (χ1v) is 12.2. The lowest BCUT2D eigenvalue weighted by Gasteiger charge is -2.17. The fraction of sp³-hybridized carbons (Fsp3) is 0.393. The molecular weight excluding hydrogens is 458 g/mol. The van der Waals surface area contributed by atoms with Crippen molar-refractivity contribution in [3.63, 3.8) is 0 Å². The Morgan fingerprint density at radius 1 is 1.00 bits per heavy atom. The number of aliphatic carboxylic acids is 1. The lowest BCUT2D eigenvalue weighted by atomic mass is 9.98. The van der Waals surface area contributed by atoms with E-state index >= 15 is 0 Å². The third-order valence-corrected chi connectivity index (χ3v) is 6.33. The van der Waals surface area contributed by atoms with Gasteiger partial charge in [0.15, 0.2) is 0 Å². The van der Waals surface area contributed by atoms with Crippen LogP contribution >= 0.6 is 0 Å². The molecule has 1 amide bonds. The molecule has 0 bridgehead atoms. The van der Waals surface area contributed by atoms with Gasteiger partial charge in [-0.25, -0.2) is 4.98 Å². The van der Waals surface area contributed by atoms with Crippen LogP contribution in [0.25, 0.3) is 11.1 Å². The van der Waals surface area contributed by atoms with Crippen molar-refractivity contribution >= 4 is 17.7 Å². The Kier molecular flexibility index (Phi) is 9.01. The van der Waals surface area contributed by atoms with Gasteiger partial charge in [-0.05, 0) is 57.2 Å². The molecule has 0 aliphatic rings. The third kappa shape index (κ3) is 6.59. The van der Waals surface area contributed by atoms with Gasteiger partial charge in [0.2, 0.25) is 0 Å². The lowest BCUT2D eigenvalue weighted by Crippen LogP contribution is -2.22. The number of aliphatic hydroxyl groups is 2. The number of hydrogen-bond acceptors (Lipinski definition) is 5. The zero-order valence-electron chi connectivity index (χ0n) is 21.3. The van der Waals surface area contributed by atoms with Crippen LogP contribution in [0.1, 0.15) is 59.1 Å². The summed E-state index contributed by atoms with van der Waals surface area (Å²) in [4.78, 5) is 28.7. The number of carboxylic acid groups (broad SMARTS) is 1. The van der Waals surface area contributed by atoms with Gasteiger partial charge in [0.05, 0.1) is 24.2 Å². The highest BCUT2D eigenvalue weighted by atomic mass is 16.4. The standard InChI is InChI=1S/C28H35N3O5/c1-5-23-27(28(36)30-24-11-8-18(3)16-29-24)26(20-9-6-17(2)7-10-20)19(4)31(23)13-12-21(32)14-22(33)15-25(34)35/h6-11,16,21-22,32-33H,5,12-15H2,1-4H3,(H,34,35)(H,29,30,36)/t21-,22-/m1/s1. The highest BCUT2D eigenvalue weighted by Gasteiger charge is 2.26. The van der Waals surface area contributed by atoms with Crippen molar-refractivity contribution in [2.75, 3.05) is 5.32 Å². The van der Waals surface area contributed by atoms with Crippen LogP contribution in [0, 0.1) is 20.8 Å². The Balaban J connectivity index is 1.97.